The Morgan fingerprint density at radius 3 is 2.54 bits per heavy atom. The summed E-state index contributed by atoms with van der Waals surface area (Å²) >= 11 is 5.90. The summed E-state index contributed by atoms with van der Waals surface area (Å²) in [5.41, 5.74) is 0.414. The van der Waals surface area contributed by atoms with Crippen molar-refractivity contribution < 1.29 is 14.3 Å². The van der Waals surface area contributed by atoms with Crippen LogP contribution in [0.5, 0.6) is 5.75 Å². The van der Waals surface area contributed by atoms with Gasteiger partial charge in [-0.1, -0.05) is 35.9 Å². The molecular weight excluding hydrogens is 328 g/mol. The predicted octanol–water partition coefficient (Wildman–Crippen LogP) is 3.32. The minimum atomic E-state index is -1.10. The largest absolute Gasteiger partial charge is 0.497 e. The first kappa shape index (κ1) is 16.3. The number of methoxy groups -OCH3 is 1. The molecule has 0 spiro atoms. The highest BCUT2D eigenvalue weighted by molar-refractivity contribution is 6.30. The molecule has 0 aliphatic carbocycles. The van der Waals surface area contributed by atoms with E-state index in [9.17, 15) is 9.59 Å². The second-order valence-corrected chi connectivity index (χ2v) is 6.24. The summed E-state index contributed by atoms with van der Waals surface area (Å²) in [5, 5.41) is 3.35. The Morgan fingerprint density at radius 1 is 1.17 bits per heavy atom. The summed E-state index contributed by atoms with van der Waals surface area (Å²) in [5.74, 6) is 0.387. The molecule has 1 aliphatic heterocycles. The molecule has 0 aromatic heterocycles. The number of hydrogen-bond donors (Lipinski definition) is 1. The van der Waals surface area contributed by atoms with Crippen molar-refractivity contribution in [3.8, 4) is 5.75 Å². The van der Waals surface area contributed by atoms with E-state index in [0.29, 0.717) is 16.3 Å². The molecule has 24 heavy (non-hydrogen) atoms. The van der Waals surface area contributed by atoms with E-state index in [1.54, 1.807) is 44.4 Å². The second-order valence-electron chi connectivity index (χ2n) is 5.80. The van der Waals surface area contributed by atoms with Gasteiger partial charge >= 0.3 is 6.03 Å². The number of carbonyl (C=O) groups is 2. The summed E-state index contributed by atoms with van der Waals surface area (Å²) in [7, 11) is 1.57. The Hall–Kier alpha value is -2.53. The van der Waals surface area contributed by atoms with Crippen molar-refractivity contribution in [3.05, 3.63) is 64.7 Å². The van der Waals surface area contributed by atoms with Gasteiger partial charge in [0.2, 0.25) is 0 Å². The number of amides is 3. The SMILES string of the molecule is COc1cccc(CN2C(=O)NC(C)(c3ccc(Cl)cc3)C2=O)c1. The topological polar surface area (TPSA) is 58.6 Å². The summed E-state index contributed by atoms with van der Waals surface area (Å²) in [6.45, 7) is 1.88. The molecule has 3 rings (SSSR count). The van der Waals surface area contributed by atoms with Crippen molar-refractivity contribution in [1.82, 2.24) is 10.2 Å². The molecular formula is C18H17ClN2O3. The van der Waals surface area contributed by atoms with Crippen LogP contribution in [0, 0.1) is 0 Å². The smallest absolute Gasteiger partial charge is 0.325 e. The van der Waals surface area contributed by atoms with Crippen molar-refractivity contribution in [1.29, 1.82) is 0 Å². The molecule has 1 N–H and O–H groups in total. The maximum absolute atomic E-state index is 12.9. The predicted molar refractivity (Wildman–Crippen MR) is 90.9 cm³/mol. The lowest BCUT2D eigenvalue weighted by Gasteiger charge is -2.22. The summed E-state index contributed by atoms with van der Waals surface area (Å²) in [6, 6.07) is 13.8. The second kappa shape index (κ2) is 6.17. The highest BCUT2D eigenvalue weighted by atomic mass is 35.5. The van der Waals surface area contributed by atoms with Gasteiger partial charge in [0.05, 0.1) is 13.7 Å². The normalized spacial score (nSPS) is 20.2. The van der Waals surface area contributed by atoms with Crippen LogP contribution >= 0.6 is 11.6 Å². The van der Waals surface area contributed by atoms with Crippen LogP contribution in [-0.4, -0.2) is 23.9 Å². The zero-order valence-corrected chi connectivity index (χ0v) is 14.1. The Bertz CT molecular complexity index is 791. The number of nitrogens with zero attached hydrogens (tertiary/aromatic N) is 1. The third-order valence-electron chi connectivity index (χ3n) is 4.17. The Labute approximate surface area is 145 Å². The average molecular weight is 345 g/mol. The quantitative estimate of drug-likeness (QED) is 0.866. The lowest BCUT2D eigenvalue weighted by molar-refractivity contribution is -0.131. The molecule has 5 nitrogen and oxygen atoms in total. The molecule has 0 saturated carbocycles. The zero-order valence-electron chi connectivity index (χ0n) is 13.4. The van der Waals surface area contributed by atoms with Crippen LogP contribution in [0.2, 0.25) is 5.02 Å². The van der Waals surface area contributed by atoms with Crippen LogP contribution in [0.1, 0.15) is 18.1 Å². The number of rotatable bonds is 4. The fraction of sp³-hybridized carbons (Fsp3) is 0.222. The number of halogens is 1. The first-order valence-electron chi connectivity index (χ1n) is 7.47. The Balaban J connectivity index is 1.87. The highest BCUT2D eigenvalue weighted by Gasteiger charge is 2.48. The minimum absolute atomic E-state index is 0.186. The standard InChI is InChI=1S/C18H17ClN2O3/c1-18(13-6-8-14(19)9-7-13)16(22)21(17(23)20-18)11-12-4-3-5-15(10-12)24-2/h3-10H,11H2,1-2H3,(H,20,23). The van der Waals surface area contributed by atoms with Gasteiger partial charge in [0.1, 0.15) is 11.3 Å². The first-order chi connectivity index (χ1) is 11.4. The van der Waals surface area contributed by atoms with Crippen LogP contribution in [-0.2, 0) is 16.9 Å². The summed E-state index contributed by atoms with van der Waals surface area (Å²) in [6.07, 6.45) is 0. The summed E-state index contributed by atoms with van der Waals surface area (Å²) < 4.78 is 5.18. The zero-order chi connectivity index (χ0) is 17.3. The van der Waals surface area contributed by atoms with Gasteiger partial charge in [0, 0.05) is 5.02 Å². The van der Waals surface area contributed by atoms with Crippen molar-refractivity contribution in [2.45, 2.75) is 19.0 Å². The third kappa shape index (κ3) is 2.83. The van der Waals surface area contributed by atoms with E-state index in [4.69, 9.17) is 16.3 Å². The van der Waals surface area contributed by atoms with Gasteiger partial charge in [0.25, 0.3) is 5.91 Å². The first-order valence-corrected chi connectivity index (χ1v) is 7.85. The number of nitrogens with one attached hydrogen (secondary N) is 1. The van der Waals surface area contributed by atoms with Gasteiger partial charge in [-0.2, -0.15) is 0 Å². The molecule has 6 heteroatoms. The Morgan fingerprint density at radius 2 is 1.88 bits per heavy atom. The number of benzene rings is 2. The average Bonchev–Trinajstić information content (AvgIpc) is 2.80. The minimum Gasteiger partial charge on any atom is -0.497 e. The third-order valence-corrected chi connectivity index (χ3v) is 4.42. The number of ether oxygens (including phenoxy) is 1. The Kier molecular flexibility index (Phi) is 4.20. The fourth-order valence-corrected chi connectivity index (χ4v) is 2.90. The van der Waals surface area contributed by atoms with E-state index in [0.717, 1.165) is 5.56 Å². The molecule has 124 valence electrons. The molecule has 1 heterocycles. The monoisotopic (exact) mass is 344 g/mol. The number of imide groups is 1. The molecule has 0 bridgehead atoms. The van der Waals surface area contributed by atoms with Crippen LogP contribution in [0.25, 0.3) is 0 Å². The lowest BCUT2D eigenvalue weighted by Crippen LogP contribution is -2.40. The molecule has 1 atom stereocenters. The van der Waals surface area contributed by atoms with Gasteiger partial charge in [0.15, 0.2) is 0 Å². The van der Waals surface area contributed by atoms with Gasteiger partial charge in [-0.3, -0.25) is 9.69 Å². The van der Waals surface area contributed by atoms with Gasteiger partial charge in [-0.25, -0.2) is 4.79 Å². The van der Waals surface area contributed by atoms with Gasteiger partial charge in [-0.15, -0.1) is 0 Å². The molecule has 2 aromatic rings. The van der Waals surface area contributed by atoms with E-state index in [-0.39, 0.29) is 12.5 Å². The van der Waals surface area contributed by atoms with E-state index in [1.165, 1.54) is 4.90 Å². The molecule has 1 saturated heterocycles. The fourth-order valence-electron chi connectivity index (χ4n) is 2.77. The summed E-state index contributed by atoms with van der Waals surface area (Å²) in [4.78, 5) is 26.4. The molecule has 3 amide bonds. The van der Waals surface area contributed by atoms with E-state index in [2.05, 4.69) is 5.32 Å². The van der Waals surface area contributed by atoms with E-state index >= 15 is 0 Å². The maximum atomic E-state index is 12.9. The van der Waals surface area contributed by atoms with Crippen molar-refractivity contribution in [2.75, 3.05) is 7.11 Å². The number of carbonyl (C=O) groups excluding carboxylic acids is 2. The molecule has 1 fully saturated rings. The van der Waals surface area contributed by atoms with Crippen molar-refractivity contribution in [3.63, 3.8) is 0 Å². The number of urea groups is 1. The van der Waals surface area contributed by atoms with Crippen molar-refractivity contribution in [2.24, 2.45) is 0 Å². The van der Waals surface area contributed by atoms with Gasteiger partial charge in [-0.05, 0) is 42.3 Å². The van der Waals surface area contributed by atoms with Crippen molar-refractivity contribution >= 4 is 23.5 Å². The van der Waals surface area contributed by atoms with Crippen LogP contribution in [0.3, 0.4) is 0 Å². The molecule has 1 unspecified atom stereocenters. The molecule has 1 aliphatic rings. The van der Waals surface area contributed by atoms with Crippen LogP contribution in [0.4, 0.5) is 4.79 Å². The van der Waals surface area contributed by atoms with E-state index < -0.39 is 11.6 Å². The van der Waals surface area contributed by atoms with Crippen LogP contribution < -0.4 is 10.1 Å². The maximum Gasteiger partial charge on any atom is 0.325 e. The van der Waals surface area contributed by atoms with Gasteiger partial charge < -0.3 is 10.1 Å². The number of hydrogen-bond acceptors (Lipinski definition) is 3. The highest BCUT2D eigenvalue weighted by Crippen LogP contribution is 2.30. The lowest BCUT2D eigenvalue weighted by atomic mass is 9.92. The molecule has 0 radical (unpaired) electrons. The molecule has 2 aromatic carbocycles. The van der Waals surface area contributed by atoms with Crippen LogP contribution in [0.15, 0.2) is 48.5 Å². The van der Waals surface area contributed by atoms with E-state index in [1.807, 2.05) is 18.2 Å².